The third-order valence-corrected chi connectivity index (χ3v) is 4.41. The van der Waals surface area contributed by atoms with Gasteiger partial charge in [0.05, 0.1) is 6.33 Å². The molecule has 0 unspecified atom stereocenters. The minimum absolute atomic E-state index is 0.798. The molecule has 20 heavy (non-hydrogen) atoms. The molecule has 0 saturated heterocycles. The summed E-state index contributed by atoms with van der Waals surface area (Å²) in [5.74, 6) is 0. The lowest BCUT2D eigenvalue weighted by Gasteiger charge is -2.31. The van der Waals surface area contributed by atoms with Gasteiger partial charge in [0.2, 0.25) is 0 Å². The van der Waals surface area contributed by atoms with Crippen molar-refractivity contribution >= 4 is 0 Å². The van der Waals surface area contributed by atoms with E-state index in [0.717, 1.165) is 25.6 Å². The standard InChI is InChI=1S/C16H30N4/c17-9-5-12-20(16-7-3-1-2-4-8-16)13-6-11-19-14-10-18-15-19/h10,14-16H,1-9,11-13,17H2. The van der Waals surface area contributed by atoms with Crippen LogP contribution in [0, 0.1) is 0 Å². The first-order chi connectivity index (χ1) is 9.90. The van der Waals surface area contributed by atoms with Crippen molar-refractivity contribution in [2.75, 3.05) is 19.6 Å². The van der Waals surface area contributed by atoms with Gasteiger partial charge in [0.1, 0.15) is 0 Å². The number of hydrogen-bond donors (Lipinski definition) is 1. The highest BCUT2D eigenvalue weighted by Gasteiger charge is 2.19. The second-order valence-corrected chi connectivity index (χ2v) is 5.98. The Morgan fingerprint density at radius 1 is 1.10 bits per heavy atom. The first kappa shape index (κ1) is 15.5. The zero-order chi connectivity index (χ0) is 14.0. The van der Waals surface area contributed by atoms with Crippen molar-refractivity contribution in [3.63, 3.8) is 0 Å². The maximum Gasteiger partial charge on any atom is 0.0945 e. The molecular weight excluding hydrogens is 248 g/mol. The molecule has 1 saturated carbocycles. The topological polar surface area (TPSA) is 47.1 Å². The van der Waals surface area contributed by atoms with E-state index < -0.39 is 0 Å². The molecule has 0 amide bonds. The molecule has 1 aromatic heterocycles. The predicted molar refractivity (Wildman–Crippen MR) is 83.6 cm³/mol. The summed E-state index contributed by atoms with van der Waals surface area (Å²) in [5, 5.41) is 0. The first-order valence-electron chi connectivity index (χ1n) is 8.30. The van der Waals surface area contributed by atoms with Crippen LogP contribution in [0.2, 0.25) is 0 Å². The SMILES string of the molecule is NCCCN(CCCn1ccnc1)C1CCCCCC1. The zero-order valence-corrected chi connectivity index (χ0v) is 12.7. The average molecular weight is 278 g/mol. The van der Waals surface area contributed by atoms with Crippen LogP contribution in [0.15, 0.2) is 18.7 Å². The van der Waals surface area contributed by atoms with Gasteiger partial charge in [0.15, 0.2) is 0 Å². The zero-order valence-electron chi connectivity index (χ0n) is 12.7. The van der Waals surface area contributed by atoms with Crippen molar-refractivity contribution in [3.8, 4) is 0 Å². The molecule has 1 heterocycles. The van der Waals surface area contributed by atoms with Gasteiger partial charge in [-0.1, -0.05) is 25.7 Å². The minimum Gasteiger partial charge on any atom is -0.337 e. The molecule has 1 aliphatic rings. The highest BCUT2D eigenvalue weighted by Crippen LogP contribution is 2.22. The molecule has 0 radical (unpaired) electrons. The van der Waals surface area contributed by atoms with Crippen LogP contribution < -0.4 is 5.73 Å². The van der Waals surface area contributed by atoms with E-state index in [1.807, 2.05) is 12.5 Å². The Morgan fingerprint density at radius 2 is 1.85 bits per heavy atom. The molecule has 1 aliphatic carbocycles. The van der Waals surface area contributed by atoms with Crippen molar-refractivity contribution in [1.82, 2.24) is 14.5 Å². The summed E-state index contributed by atoms with van der Waals surface area (Å²) in [6.07, 6.45) is 16.6. The van der Waals surface area contributed by atoms with Gasteiger partial charge in [-0.3, -0.25) is 0 Å². The van der Waals surface area contributed by atoms with Gasteiger partial charge in [-0.05, 0) is 38.8 Å². The molecule has 0 bridgehead atoms. The van der Waals surface area contributed by atoms with Gasteiger partial charge >= 0.3 is 0 Å². The summed E-state index contributed by atoms with van der Waals surface area (Å²) < 4.78 is 2.17. The molecule has 1 aromatic rings. The molecule has 2 rings (SSSR count). The van der Waals surface area contributed by atoms with Gasteiger partial charge in [0, 0.05) is 31.5 Å². The Balaban J connectivity index is 1.78. The fraction of sp³-hybridized carbons (Fsp3) is 0.812. The van der Waals surface area contributed by atoms with E-state index in [4.69, 9.17) is 5.73 Å². The van der Waals surface area contributed by atoms with E-state index >= 15 is 0 Å². The summed E-state index contributed by atoms with van der Waals surface area (Å²) in [6.45, 7) is 4.25. The Morgan fingerprint density at radius 3 is 2.50 bits per heavy atom. The van der Waals surface area contributed by atoms with Gasteiger partial charge in [0.25, 0.3) is 0 Å². The Labute approximate surface area is 123 Å². The number of nitrogens with zero attached hydrogens (tertiary/aromatic N) is 3. The van der Waals surface area contributed by atoms with E-state index in [1.54, 1.807) is 0 Å². The summed E-state index contributed by atoms with van der Waals surface area (Å²) >= 11 is 0. The smallest absolute Gasteiger partial charge is 0.0945 e. The lowest BCUT2D eigenvalue weighted by atomic mass is 10.1. The van der Waals surface area contributed by atoms with Crippen LogP contribution in [0.5, 0.6) is 0 Å². The maximum atomic E-state index is 5.70. The van der Waals surface area contributed by atoms with Crippen molar-refractivity contribution in [3.05, 3.63) is 18.7 Å². The summed E-state index contributed by atoms with van der Waals surface area (Å²) in [5.41, 5.74) is 5.70. The average Bonchev–Trinajstić information content (AvgIpc) is 2.83. The van der Waals surface area contributed by atoms with Crippen LogP contribution >= 0.6 is 0 Å². The van der Waals surface area contributed by atoms with E-state index in [0.29, 0.717) is 0 Å². The largest absolute Gasteiger partial charge is 0.337 e. The van der Waals surface area contributed by atoms with Crippen LogP contribution in [-0.4, -0.2) is 40.1 Å². The number of nitrogens with two attached hydrogens (primary N) is 1. The summed E-state index contributed by atoms with van der Waals surface area (Å²) in [4.78, 5) is 6.81. The third-order valence-electron chi connectivity index (χ3n) is 4.41. The van der Waals surface area contributed by atoms with Crippen LogP contribution in [0.3, 0.4) is 0 Å². The van der Waals surface area contributed by atoms with Crippen molar-refractivity contribution in [2.45, 2.75) is 64.0 Å². The molecular formula is C16H30N4. The van der Waals surface area contributed by atoms with Crippen molar-refractivity contribution in [1.29, 1.82) is 0 Å². The van der Waals surface area contributed by atoms with Crippen LogP contribution in [0.25, 0.3) is 0 Å². The van der Waals surface area contributed by atoms with Gasteiger partial charge in [-0.15, -0.1) is 0 Å². The third kappa shape index (κ3) is 5.25. The van der Waals surface area contributed by atoms with Crippen LogP contribution in [-0.2, 0) is 6.54 Å². The summed E-state index contributed by atoms with van der Waals surface area (Å²) in [6, 6.07) is 0.798. The molecule has 4 heteroatoms. The van der Waals surface area contributed by atoms with Gasteiger partial charge < -0.3 is 15.2 Å². The van der Waals surface area contributed by atoms with Crippen molar-refractivity contribution < 1.29 is 0 Å². The number of rotatable bonds is 8. The van der Waals surface area contributed by atoms with Gasteiger partial charge in [-0.2, -0.15) is 0 Å². The lowest BCUT2D eigenvalue weighted by Crippen LogP contribution is -2.37. The van der Waals surface area contributed by atoms with E-state index in [-0.39, 0.29) is 0 Å². The maximum absolute atomic E-state index is 5.70. The van der Waals surface area contributed by atoms with E-state index in [1.165, 1.54) is 58.0 Å². The first-order valence-corrected chi connectivity index (χ1v) is 8.30. The second-order valence-electron chi connectivity index (χ2n) is 5.98. The molecule has 1 fully saturated rings. The predicted octanol–water partition coefficient (Wildman–Crippen LogP) is 2.65. The molecule has 2 N–H and O–H groups in total. The molecule has 0 spiro atoms. The van der Waals surface area contributed by atoms with Crippen molar-refractivity contribution in [2.24, 2.45) is 5.73 Å². The Kier molecular flexibility index (Phi) is 7.09. The molecule has 4 nitrogen and oxygen atoms in total. The molecule has 0 aliphatic heterocycles. The number of aromatic nitrogens is 2. The molecule has 0 atom stereocenters. The molecule has 0 aromatic carbocycles. The minimum atomic E-state index is 0.798. The monoisotopic (exact) mass is 278 g/mol. The van der Waals surface area contributed by atoms with E-state index in [2.05, 4.69) is 20.6 Å². The Hall–Kier alpha value is -0.870. The fourth-order valence-corrected chi connectivity index (χ4v) is 3.27. The number of hydrogen-bond acceptors (Lipinski definition) is 3. The lowest BCUT2D eigenvalue weighted by molar-refractivity contribution is 0.173. The normalized spacial score (nSPS) is 17.5. The highest BCUT2D eigenvalue weighted by molar-refractivity contribution is 4.77. The van der Waals surface area contributed by atoms with Crippen LogP contribution in [0.4, 0.5) is 0 Å². The van der Waals surface area contributed by atoms with Crippen LogP contribution in [0.1, 0.15) is 51.4 Å². The Bertz CT molecular complexity index is 328. The number of imidazole rings is 1. The highest BCUT2D eigenvalue weighted by atomic mass is 15.2. The fourth-order valence-electron chi connectivity index (χ4n) is 3.27. The summed E-state index contributed by atoms with van der Waals surface area (Å²) in [7, 11) is 0. The van der Waals surface area contributed by atoms with Gasteiger partial charge in [-0.25, -0.2) is 4.98 Å². The van der Waals surface area contributed by atoms with E-state index in [9.17, 15) is 0 Å². The number of aryl methyl sites for hydroxylation is 1. The molecule has 114 valence electrons. The quantitative estimate of drug-likeness (QED) is 0.744. The second kappa shape index (κ2) is 9.14.